The Morgan fingerprint density at radius 3 is 1.89 bits per heavy atom. The van der Waals surface area contributed by atoms with E-state index < -0.39 is 35.6 Å². The number of rotatable bonds is 10. The Morgan fingerprint density at radius 1 is 0.816 bits per heavy atom. The number of carbonyl (C=O) groups is 4. The topological polar surface area (TPSA) is 110 Å². The number of ketones is 2. The normalized spacial score (nSPS) is 11.5. The van der Waals surface area contributed by atoms with Crippen molar-refractivity contribution in [2.75, 3.05) is 6.54 Å². The fourth-order valence-corrected chi connectivity index (χ4v) is 3.36. The van der Waals surface area contributed by atoms with E-state index in [1.807, 2.05) is 6.92 Å². The van der Waals surface area contributed by atoms with Crippen LogP contribution in [0.3, 0.4) is 0 Å². The van der Waals surface area contributed by atoms with Crippen LogP contribution in [0.1, 0.15) is 48.6 Å². The molecule has 0 saturated heterocycles. The van der Waals surface area contributed by atoms with Crippen molar-refractivity contribution >= 4 is 29.0 Å². The zero-order chi connectivity index (χ0) is 27.9. The monoisotopic (exact) mass is 525 g/mol. The average Bonchev–Trinajstić information content (AvgIpc) is 2.86. The minimum Gasteiger partial charge on any atom is -0.481 e. The Labute approximate surface area is 215 Å². The van der Waals surface area contributed by atoms with Gasteiger partial charge in [-0.25, -0.2) is 0 Å². The number of benzene rings is 3. The van der Waals surface area contributed by atoms with E-state index in [1.54, 1.807) is 24.3 Å². The lowest BCUT2D eigenvalue weighted by molar-refractivity contribution is -0.274. The van der Waals surface area contributed by atoms with Crippen molar-refractivity contribution in [2.24, 2.45) is 0 Å². The Bertz CT molecular complexity index is 1360. The quantitative estimate of drug-likeness (QED) is 0.277. The number of aryl methyl sites for hydroxylation is 1. The van der Waals surface area contributed by atoms with Crippen LogP contribution in [0.5, 0.6) is 5.75 Å². The molecule has 0 saturated carbocycles. The largest absolute Gasteiger partial charge is 0.573 e. The molecule has 196 valence electrons. The lowest BCUT2D eigenvalue weighted by Gasteiger charge is -2.11. The molecule has 0 heterocycles. The van der Waals surface area contributed by atoms with E-state index in [0.29, 0.717) is 5.56 Å². The van der Waals surface area contributed by atoms with Crippen molar-refractivity contribution in [3.05, 3.63) is 107 Å². The lowest BCUT2D eigenvalue weighted by Crippen LogP contribution is -2.26. The third-order valence-electron chi connectivity index (χ3n) is 5.29. The number of halogens is 3. The molecule has 3 aromatic rings. The van der Waals surface area contributed by atoms with Crippen LogP contribution in [0.2, 0.25) is 0 Å². The highest BCUT2D eigenvalue weighted by Gasteiger charge is 2.31. The summed E-state index contributed by atoms with van der Waals surface area (Å²) in [6.07, 6.45) is -4.03. The van der Waals surface area contributed by atoms with Crippen molar-refractivity contribution in [1.29, 1.82) is 0 Å². The number of carboxylic acids is 1. The molecular weight excluding hydrogens is 503 g/mol. The molecule has 0 atom stereocenters. The van der Waals surface area contributed by atoms with Crippen LogP contribution in [-0.4, -0.2) is 41.5 Å². The minimum absolute atomic E-state index is 0.0725. The maximum Gasteiger partial charge on any atom is 0.573 e. The summed E-state index contributed by atoms with van der Waals surface area (Å²) in [7, 11) is 0. The first kappa shape index (κ1) is 27.9. The number of nitrogens with one attached hydrogen (secondary N) is 1. The molecule has 0 aliphatic carbocycles. The number of hydrogen-bond donors (Lipinski definition) is 2. The smallest absolute Gasteiger partial charge is 0.481 e. The van der Waals surface area contributed by atoms with Gasteiger partial charge in [0.15, 0.2) is 11.6 Å². The van der Waals surface area contributed by atoms with Gasteiger partial charge in [0.1, 0.15) is 5.75 Å². The molecule has 0 fully saturated rings. The second-order valence-corrected chi connectivity index (χ2v) is 8.17. The predicted molar refractivity (Wildman–Crippen MR) is 132 cm³/mol. The van der Waals surface area contributed by atoms with E-state index in [4.69, 9.17) is 5.11 Å². The van der Waals surface area contributed by atoms with E-state index in [-0.39, 0.29) is 35.2 Å². The number of carbonyl (C=O) groups excluding carboxylic acids is 3. The first-order valence-electron chi connectivity index (χ1n) is 11.3. The van der Waals surface area contributed by atoms with Gasteiger partial charge in [-0.15, -0.1) is 13.2 Å². The summed E-state index contributed by atoms with van der Waals surface area (Å²) < 4.78 is 41.5. The molecule has 7 nitrogen and oxygen atoms in total. The molecule has 0 bridgehead atoms. The van der Waals surface area contributed by atoms with Crippen LogP contribution in [0.25, 0.3) is 5.57 Å². The van der Waals surface area contributed by atoms with Crippen LogP contribution in [-0.2, 0) is 4.79 Å². The minimum atomic E-state index is -4.89. The molecule has 1 amide bonds. The van der Waals surface area contributed by atoms with Gasteiger partial charge >= 0.3 is 12.3 Å². The lowest BCUT2D eigenvalue weighted by atomic mass is 9.93. The van der Waals surface area contributed by atoms with Crippen molar-refractivity contribution in [3.63, 3.8) is 0 Å². The zero-order valence-electron chi connectivity index (χ0n) is 20.0. The SMILES string of the molecule is Cc1ccc(C(=O)C=C(C(=O)c2ccc(C(=O)NCCC(=O)O)cc2)c2ccc(OC(F)(F)F)cc2)cc1. The molecular formula is C28H22F3NO6. The summed E-state index contributed by atoms with van der Waals surface area (Å²) in [5.41, 5.74) is 1.64. The van der Waals surface area contributed by atoms with Crippen LogP contribution in [0.15, 0.2) is 78.9 Å². The molecule has 10 heteroatoms. The van der Waals surface area contributed by atoms with Crippen LogP contribution in [0.4, 0.5) is 13.2 Å². The summed E-state index contributed by atoms with van der Waals surface area (Å²) in [5, 5.41) is 11.1. The Balaban J connectivity index is 1.91. The van der Waals surface area contributed by atoms with Crippen LogP contribution >= 0.6 is 0 Å². The first-order chi connectivity index (χ1) is 17.9. The average molecular weight is 525 g/mol. The van der Waals surface area contributed by atoms with Gasteiger partial charge in [0, 0.05) is 28.8 Å². The van der Waals surface area contributed by atoms with Gasteiger partial charge in [0.25, 0.3) is 5.91 Å². The van der Waals surface area contributed by atoms with Gasteiger partial charge in [0.2, 0.25) is 0 Å². The fraction of sp³-hybridized carbons (Fsp3) is 0.143. The fourth-order valence-electron chi connectivity index (χ4n) is 3.36. The second kappa shape index (κ2) is 12.0. The number of amides is 1. The van der Waals surface area contributed by atoms with E-state index in [0.717, 1.165) is 23.8 Å². The molecule has 0 aliphatic heterocycles. The highest BCUT2D eigenvalue weighted by atomic mass is 19.4. The number of aliphatic carboxylic acids is 1. The number of Topliss-reactive ketones (excluding diaryl/α,β-unsaturated/α-hetero) is 1. The summed E-state index contributed by atoms with van der Waals surface area (Å²) in [4.78, 5) is 49.1. The number of alkyl halides is 3. The molecule has 0 spiro atoms. The summed E-state index contributed by atoms with van der Waals surface area (Å²) in [6.45, 7) is 1.77. The predicted octanol–water partition coefficient (Wildman–Crippen LogP) is 5.25. The molecule has 2 N–H and O–H groups in total. The van der Waals surface area contributed by atoms with Crippen LogP contribution < -0.4 is 10.1 Å². The highest BCUT2D eigenvalue weighted by Crippen LogP contribution is 2.27. The van der Waals surface area contributed by atoms with E-state index in [2.05, 4.69) is 10.1 Å². The van der Waals surface area contributed by atoms with Crippen molar-refractivity contribution in [3.8, 4) is 5.75 Å². The second-order valence-electron chi connectivity index (χ2n) is 8.17. The standard InChI is InChI=1S/C28H22F3NO6/c1-17-2-4-19(5-3-17)24(33)16-23(18-10-12-22(13-11-18)38-28(29,30)31)26(36)20-6-8-21(9-7-20)27(37)32-15-14-25(34)35/h2-13,16H,14-15H2,1H3,(H,32,37)(H,34,35). The number of ether oxygens (including phenoxy) is 1. The van der Waals surface area contributed by atoms with Crippen LogP contribution in [0, 0.1) is 6.92 Å². The van der Waals surface area contributed by atoms with Gasteiger partial charge in [0.05, 0.1) is 6.42 Å². The third kappa shape index (κ3) is 7.89. The van der Waals surface area contributed by atoms with Gasteiger partial charge in [-0.2, -0.15) is 0 Å². The Morgan fingerprint density at radius 2 is 1.34 bits per heavy atom. The summed E-state index contributed by atoms with van der Waals surface area (Å²) in [6, 6.07) is 16.6. The zero-order valence-corrected chi connectivity index (χ0v) is 20.0. The van der Waals surface area contributed by atoms with Crippen molar-refractivity contribution in [2.45, 2.75) is 19.7 Å². The highest BCUT2D eigenvalue weighted by molar-refractivity contribution is 6.32. The van der Waals surface area contributed by atoms with Gasteiger partial charge < -0.3 is 15.2 Å². The maximum atomic E-state index is 13.4. The maximum absolute atomic E-state index is 13.4. The van der Waals surface area contributed by atoms with E-state index in [9.17, 15) is 32.3 Å². The molecule has 0 radical (unpaired) electrons. The summed E-state index contributed by atoms with van der Waals surface area (Å²) in [5.74, 6) is -3.18. The number of hydrogen-bond acceptors (Lipinski definition) is 5. The van der Waals surface area contributed by atoms with Gasteiger partial charge in [-0.05, 0) is 42.8 Å². The van der Waals surface area contributed by atoms with Crippen molar-refractivity contribution in [1.82, 2.24) is 5.32 Å². The van der Waals surface area contributed by atoms with Gasteiger partial charge in [-0.1, -0.05) is 54.1 Å². The van der Waals surface area contributed by atoms with Crippen molar-refractivity contribution < 1.29 is 42.2 Å². The molecule has 3 aromatic carbocycles. The number of carboxylic acid groups (broad SMARTS) is 1. The molecule has 0 aliphatic rings. The Kier molecular flexibility index (Phi) is 8.80. The molecule has 3 rings (SSSR count). The Hall–Kier alpha value is -4.73. The first-order valence-corrected chi connectivity index (χ1v) is 11.3. The molecule has 0 unspecified atom stereocenters. The van der Waals surface area contributed by atoms with E-state index in [1.165, 1.54) is 36.4 Å². The summed E-state index contributed by atoms with van der Waals surface area (Å²) >= 11 is 0. The molecule has 38 heavy (non-hydrogen) atoms. The van der Waals surface area contributed by atoms with Gasteiger partial charge in [-0.3, -0.25) is 19.2 Å². The third-order valence-corrected chi connectivity index (χ3v) is 5.29. The van der Waals surface area contributed by atoms with E-state index >= 15 is 0 Å². The molecule has 0 aromatic heterocycles. The number of allylic oxidation sites excluding steroid dienone is 2.